The van der Waals surface area contributed by atoms with Crippen LogP contribution in [0.1, 0.15) is 15.9 Å². The van der Waals surface area contributed by atoms with Gasteiger partial charge in [-0.25, -0.2) is 17.7 Å². The van der Waals surface area contributed by atoms with E-state index in [2.05, 4.69) is 4.90 Å². The average Bonchev–Trinajstić information content (AvgIpc) is 3.25. The van der Waals surface area contributed by atoms with Crippen molar-refractivity contribution in [3.63, 3.8) is 0 Å². The summed E-state index contributed by atoms with van der Waals surface area (Å²) in [5.74, 6) is 0.670. The molecule has 1 unspecified atom stereocenters. The molecular formula is C27H29ClN3O4S+. The molecule has 0 aromatic heterocycles. The van der Waals surface area contributed by atoms with Crippen molar-refractivity contribution in [2.75, 3.05) is 51.8 Å². The molecule has 1 saturated heterocycles. The highest BCUT2D eigenvalue weighted by molar-refractivity contribution is 7.89. The van der Waals surface area contributed by atoms with Crippen LogP contribution >= 0.6 is 11.6 Å². The lowest BCUT2D eigenvalue weighted by molar-refractivity contribution is 0.0813. The van der Waals surface area contributed by atoms with E-state index in [4.69, 9.17) is 16.3 Å². The third-order valence-electron chi connectivity index (χ3n) is 7.25. The molecule has 0 N–H and O–H groups in total. The van der Waals surface area contributed by atoms with E-state index in [9.17, 15) is 13.2 Å². The molecule has 1 amide bonds. The van der Waals surface area contributed by atoms with Gasteiger partial charge in [0.2, 0.25) is 10.0 Å². The smallest absolute Gasteiger partial charge is 0.350 e. The van der Waals surface area contributed by atoms with Gasteiger partial charge in [-0.2, -0.15) is 4.31 Å². The Morgan fingerprint density at radius 1 is 0.972 bits per heavy atom. The van der Waals surface area contributed by atoms with Crippen molar-refractivity contribution in [1.29, 1.82) is 0 Å². The Balaban J connectivity index is 1.34. The van der Waals surface area contributed by atoms with Gasteiger partial charge in [0, 0.05) is 54.9 Å². The number of halogens is 1. The van der Waals surface area contributed by atoms with Gasteiger partial charge >= 0.3 is 5.91 Å². The number of likely N-dealkylation sites (N-methyl/N-ethyl adjacent to an activating group) is 1. The molecular weight excluding hydrogens is 498 g/mol. The fourth-order valence-corrected chi connectivity index (χ4v) is 6.76. The molecule has 3 aromatic rings. The summed E-state index contributed by atoms with van der Waals surface area (Å²) in [6, 6.07) is 19.9. The summed E-state index contributed by atoms with van der Waals surface area (Å²) in [6.07, 6.45) is 0.639. The number of piperazine rings is 1. The first kappa shape index (κ1) is 24.8. The lowest BCUT2D eigenvalue weighted by Gasteiger charge is -2.35. The fourth-order valence-electron chi connectivity index (χ4n) is 5.11. The minimum Gasteiger partial charge on any atom is -0.497 e. The summed E-state index contributed by atoms with van der Waals surface area (Å²) in [4.78, 5) is 15.8. The Kier molecular flexibility index (Phi) is 6.55. The number of carbonyl (C=O) groups excluding carboxylic acids is 1. The molecule has 0 saturated carbocycles. The summed E-state index contributed by atoms with van der Waals surface area (Å²) < 4.78 is 33.8. The maximum atomic E-state index is 13.5. The van der Waals surface area contributed by atoms with E-state index in [-0.39, 0.29) is 15.3 Å². The molecule has 5 rings (SSSR count). The molecule has 2 aliphatic heterocycles. The summed E-state index contributed by atoms with van der Waals surface area (Å²) >= 11 is 6.12. The molecule has 1 atom stereocenters. The number of hydrogen-bond donors (Lipinski definition) is 0. The number of sulfonamides is 1. The quantitative estimate of drug-likeness (QED) is 0.466. The van der Waals surface area contributed by atoms with Crippen molar-refractivity contribution in [2.24, 2.45) is 0 Å². The van der Waals surface area contributed by atoms with E-state index < -0.39 is 10.0 Å². The molecule has 0 radical (unpaired) electrons. The fraction of sp³-hybridized carbons (Fsp3) is 0.296. The van der Waals surface area contributed by atoms with Crippen LogP contribution in [0.4, 0.5) is 11.4 Å². The first-order valence-corrected chi connectivity index (χ1v) is 13.7. The van der Waals surface area contributed by atoms with Crippen molar-refractivity contribution in [3.05, 3.63) is 82.9 Å². The number of amides is 1. The number of methoxy groups -OCH3 is 1. The van der Waals surface area contributed by atoms with Crippen LogP contribution in [-0.4, -0.2) is 65.5 Å². The van der Waals surface area contributed by atoms with Gasteiger partial charge in [0.05, 0.1) is 31.2 Å². The molecule has 2 heterocycles. The van der Waals surface area contributed by atoms with Crippen molar-refractivity contribution < 1.29 is 17.9 Å². The molecule has 7 nitrogen and oxygen atoms in total. The van der Waals surface area contributed by atoms with E-state index in [0.717, 1.165) is 16.9 Å². The number of ether oxygens (including phenoxy) is 1. The first-order chi connectivity index (χ1) is 17.2. The Morgan fingerprint density at radius 3 is 2.36 bits per heavy atom. The van der Waals surface area contributed by atoms with Crippen molar-refractivity contribution in [2.45, 2.75) is 11.3 Å². The van der Waals surface area contributed by atoms with Gasteiger partial charge in [-0.1, -0.05) is 17.7 Å². The molecule has 0 bridgehead atoms. The average molecular weight is 527 g/mol. The number of hydrogen-bond acceptors (Lipinski definition) is 5. The Hall–Kier alpha value is -2.91. The minimum absolute atomic E-state index is 0.0239. The summed E-state index contributed by atoms with van der Waals surface area (Å²) in [5, 5.41) is 0.663. The topological polar surface area (TPSA) is 66.9 Å². The predicted octanol–water partition coefficient (Wildman–Crippen LogP) is 4.19. The monoisotopic (exact) mass is 526 g/mol. The number of rotatable bonds is 5. The zero-order chi connectivity index (χ0) is 25.5. The van der Waals surface area contributed by atoms with E-state index in [1.807, 2.05) is 31.3 Å². The normalized spacial score (nSPS) is 20.2. The molecule has 0 aliphatic carbocycles. The van der Waals surface area contributed by atoms with Crippen LogP contribution in [0.5, 0.6) is 5.75 Å². The molecule has 188 valence electrons. The second-order valence-corrected chi connectivity index (χ2v) is 11.7. The number of carbonyl (C=O) groups is 1. The number of nitrogens with zero attached hydrogens (tertiary/aromatic N) is 3. The second kappa shape index (κ2) is 9.52. The molecule has 3 aromatic carbocycles. The standard InChI is InChI=1S/C27H29ClN3O4S/c1-31(27(32)20-6-8-24(35-2)9-7-20)17-12-21-18-25(10-11-26(21)31)36(33,34)30-15-13-29(14-16-30)23-5-3-4-22(28)19-23/h3-11,18-19H,12-17H2,1-2H3/q+1. The summed E-state index contributed by atoms with van der Waals surface area (Å²) in [6.45, 7) is 2.57. The van der Waals surface area contributed by atoms with Crippen LogP contribution in [0.3, 0.4) is 0 Å². The Labute approximate surface area is 217 Å². The van der Waals surface area contributed by atoms with Crippen molar-refractivity contribution >= 4 is 38.9 Å². The van der Waals surface area contributed by atoms with Crippen LogP contribution in [0.25, 0.3) is 0 Å². The SMILES string of the molecule is COc1ccc(C(=O)[N+]2(C)CCc3cc(S(=O)(=O)N4CCN(c5cccc(Cl)c5)CC4)ccc32)cc1. The van der Waals surface area contributed by atoms with E-state index in [1.54, 1.807) is 53.9 Å². The van der Waals surface area contributed by atoms with Gasteiger partial charge in [-0.15, -0.1) is 0 Å². The van der Waals surface area contributed by atoms with E-state index >= 15 is 0 Å². The maximum Gasteiger partial charge on any atom is 0.350 e. The van der Waals surface area contributed by atoms with Gasteiger partial charge in [0.15, 0.2) is 0 Å². The lowest BCUT2D eigenvalue weighted by Crippen LogP contribution is -2.49. The van der Waals surface area contributed by atoms with E-state index in [1.165, 1.54) is 0 Å². The van der Waals surface area contributed by atoms with Crippen LogP contribution in [0.15, 0.2) is 71.6 Å². The van der Waals surface area contributed by atoms with Crippen LogP contribution < -0.4 is 14.1 Å². The molecule has 36 heavy (non-hydrogen) atoms. The number of benzene rings is 3. The van der Waals surface area contributed by atoms with Crippen LogP contribution in [0.2, 0.25) is 5.02 Å². The third kappa shape index (κ3) is 4.39. The first-order valence-electron chi connectivity index (χ1n) is 11.9. The summed E-state index contributed by atoms with van der Waals surface area (Å²) in [5.41, 5.74) is 3.34. The van der Waals surface area contributed by atoms with Crippen molar-refractivity contribution in [3.8, 4) is 5.75 Å². The summed E-state index contributed by atoms with van der Waals surface area (Å²) in [7, 11) is -0.160. The van der Waals surface area contributed by atoms with Crippen molar-refractivity contribution in [1.82, 2.24) is 8.79 Å². The zero-order valence-electron chi connectivity index (χ0n) is 20.4. The third-order valence-corrected chi connectivity index (χ3v) is 9.38. The lowest BCUT2D eigenvalue weighted by atomic mass is 10.1. The minimum atomic E-state index is -3.64. The number of quaternary nitrogens is 1. The van der Waals surface area contributed by atoms with Gasteiger partial charge < -0.3 is 9.64 Å². The van der Waals surface area contributed by atoms with E-state index in [0.29, 0.717) is 55.5 Å². The van der Waals surface area contributed by atoms with Gasteiger partial charge in [-0.05, 0) is 54.6 Å². The van der Waals surface area contributed by atoms with Crippen LogP contribution in [0, 0.1) is 0 Å². The molecule has 2 aliphatic rings. The number of anilines is 1. The molecule has 1 fully saturated rings. The van der Waals surface area contributed by atoms with Crippen LogP contribution in [-0.2, 0) is 16.4 Å². The molecule has 9 heteroatoms. The Morgan fingerprint density at radius 2 is 1.69 bits per heavy atom. The Bertz CT molecular complexity index is 1400. The largest absolute Gasteiger partial charge is 0.497 e. The number of fused-ring (bicyclic) bond motifs is 1. The zero-order valence-corrected chi connectivity index (χ0v) is 21.9. The molecule has 0 spiro atoms. The maximum absolute atomic E-state index is 13.5. The highest BCUT2D eigenvalue weighted by Crippen LogP contribution is 2.37. The second-order valence-electron chi connectivity index (χ2n) is 9.36. The highest BCUT2D eigenvalue weighted by atomic mass is 35.5. The van der Waals surface area contributed by atoms with Gasteiger partial charge in [0.25, 0.3) is 0 Å². The highest BCUT2D eigenvalue weighted by Gasteiger charge is 2.42. The van der Waals surface area contributed by atoms with Gasteiger partial charge in [-0.3, -0.25) is 0 Å². The van der Waals surface area contributed by atoms with Gasteiger partial charge in [0.1, 0.15) is 11.4 Å². The predicted molar refractivity (Wildman–Crippen MR) is 142 cm³/mol.